The van der Waals surface area contributed by atoms with E-state index in [-0.39, 0.29) is 0 Å². The van der Waals surface area contributed by atoms with Crippen LogP contribution in [0, 0.1) is 5.92 Å². The predicted octanol–water partition coefficient (Wildman–Crippen LogP) is 2.52. The van der Waals surface area contributed by atoms with Gasteiger partial charge in [-0.15, -0.1) is 11.3 Å². The molecule has 2 nitrogen and oxygen atoms in total. The number of thiophene rings is 1. The fourth-order valence-corrected chi connectivity index (χ4v) is 2.27. The molecule has 1 aliphatic carbocycles. The summed E-state index contributed by atoms with van der Waals surface area (Å²) in [5.41, 5.74) is 5.54. The maximum absolute atomic E-state index is 5.60. The number of hydrogen-bond donors (Lipinski definition) is 1. The van der Waals surface area contributed by atoms with Crippen molar-refractivity contribution in [2.24, 2.45) is 11.7 Å². The zero-order valence-electron chi connectivity index (χ0n) is 8.37. The summed E-state index contributed by atoms with van der Waals surface area (Å²) in [4.78, 5) is 2.53. The molecule has 0 spiro atoms. The smallest absolute Gasteiger partial charge is 0.0809 e. The molecule has 0 atom stereocenters. The summed E-state index contributed by atoms with van der Waals surface area (Å²) in [5, 5.41) is 0. The van der Waals surface area contributed by atoms with E-state index in [0.29, 0.717) is 6.54 Å². The average molecular weight is 211 g/mol. The van der Waals surface area contributed by atoms with Crippen molar-refractivity contribution < 1.29 is 4.74 Å². The molecule has 0 radical (unpaired) electrons. The molecule has 1 heterocycles. The van der Waals surface area contributed by atoms with Crippen LogP contribution in [0.2, 0.25) is 0 Å². The number of rotatable bonds is 6. The highest BCUT2D eigenvalue weighted by Crippen LogP contribution is 2.32. The second-order valence-electron chi connectivity index (χ2n) is 3.86. The fraction of sp³-hybridized carbons (Fsp3) is 0.636. The summed E-state index contributed by atoms with van der Waals surface area (Å²) in [5.74, 6) is 0.970. The van der Waals surface area contributed by atoms with E-state index >= 15 is 0 Å². The van der Waals surface area contributed by atoms with Gasteiger partial charge in [0.05, 0.1) is 6.61 Å². The molecular weight excluding hydrogens is 194 g/mol. The standard InChI is InChI=1S/C11H17NOS/c12-7-10-3-4-11(14-10)8-13-6-5-9-1-2-9/h3-4,9H,1-2,5-8,12H2. The van der Waals surface area contributed by atoms with Crippen LogP contribution < -0.4 is 5.73 Å². The van der Waals surface area contributed by atoms with Crippen molar-refractivity contribution >= 4 is 11.3 Å². The van der Waals surface area contributed by atoms with E-state index in [4.69, 9.17) is 10.5 Å². The van der Waals surface area contributed by atoms with Gasteiger partial charge < -0.3 is 10.5 Å². The van der Waals surface area contributed by atoms with E-state index < -0.39 is 0 Å². The van der Waals surface area contributed by atoms with Crippen LogP contribution in [0.1, 0.15) is 29.0 Å². The van der Waals surface area contributed by atoms with Crippen LogP contribution in [0.15, 0.2) is 12.1 Å². The van der Waals surface area contributed by atoms with Gasteiger partial charge in [-0.25, -0.2) is 0 Å². The molecule has 14 heavy (non-hydrogen) atoms. The van der Waals surface area contributed by atoms with Crippen molar-refractivity contribution in [2.45, 2.75) is 32.4 Å². The van der Waals surface area contributed by atoms with E-state index in [2.05, 4.69) is 12.1 Å². The fourth-order valence-electron chi connectivity index (χ4n) is 1.44. The van der Waals surface area contributed by atoms with Crippen LogP contribution in [0.25, 0.3) is 0 Å². The molecule has 1 aliphatic rings. The monoisotopic (exact) mass is 211 g/mol. The van der Waals surface area contributed by atoms with E-state index in [1.54, 1.807) is 11.3 Å². The molecule has 0 bridgehead atoms. The molecule has 2 N–H and O–H groups in total. The van der Waals surface area contributed by atoms with Gasteiger partial charge in [-0.05, 0) is 24.5 Å². The maximum Gasteiger partial charge on any atom is 0.0809 e. The van der Waals surface area contributed by atoms with Gasteiger partial charge in [0.1, 0.15) is 0 Å². The topological polar surface area (TPSA) is 35.2 Å². The largest absolute Gasteiger partial charge is 0.376 e. The van der Waals surface area contributed by atoms with Gasteiger partial charge in [0.15, 0.2) is 0 Å². The first kappa shape index (κ1) is 10.1. The Balaban J connectivity index is 1.63. The molecule has 0 saturated heterocycles. The van der Waals surface area contributed by atoms with E-state index in [1.807, 2.05) is 0 Å². The predicted molar refractivity (Wildman–Crippen MR) is 59.2 cm³/mol. The first-order valence-corrected chi connectivity index (χ1v) is 6.05. The quantitative estimate of drug-likeness (QED) is 0.734. The first-order chi connectivity index (χ1) is 6.88. The molecule has 1 saturated carbocycles. The molecule has 1 aromatic rings. The van der Waals surface area contributed by atoms with Crippen molar-refractivity contribution in [1.29, 1.82) is 0 Å². The van der Waals surface area contributed by atoms with Gasteiger partial charge in [0.2, 0.25) is 0 Å². The molecule has 1 fully saturated rings. The number of hydrogen-bond acceptors (Lipinski definition) is 3. The minimum absolute atomic E-state index is 0.646. The lowest BCUT2D eigenvalue weighted by Crippen LogP contribution is -1.94. The summed E-state index contributed by atoms with van der Waals surface area (Å²) in [6.45, 7) is 2.32. The molecule has 0 aliphatic heterocycles. The van der Waals surface area contributed by atoms with Crippen LogP contribution in [0.3, 0.4) is 0 Å². The van der Waals surface area contributed by atoms with Crippen LogP contribution in [-0.4, -0.2) is 6.61 Å². The van der Waals surface area contributed by atoms with Crippen molar-refractivity contribution in [3.8, 4) is 0 Å². The Morgan fingerprint density at radius 2 is 2.14 bits per heavy atom. The lowest BCUT2D eigenvalue weighted by molar-refractivity contribution is 0.117. The highest BCUT2D eigenvalue weighted by atomic mass is 32.1. The Labute approximate surface area is 89.1 Å². The maximum atomic E-state index is 5.60. The molecule has 0 amide bonds. The Bertz CT molecular complexity index is 281. The minimum atomic E-state index is 0.646. The first-order valence-electron chi connectivity index (χ1n) is 5.24. The van der Waals surface area contributed by atoms with Crippen LogP contribution in [0.5, 0.6) is 0 Å². The van der Waals surface area contributed by atoms with Gasteiger partial charge in [0, 0.05) is 22.9 Å². The summed E-state index contributed by atoms with van der Waals surface area (Å²) in [7, 11) is 0. The van der Waals surface area contributed by atoms with E-state index in [9.17, 15) is 0 Å². The SMILES string of the molecule is NCc1ccc(COCCC2CC2)s1. The van der Waals surface area contributed by atoms with Crippen LogP contribution in [0.4, 0.5) is 0 Å². The van der Waals surface area contributed by atoms with Gasteiger partial charge in [0.25, 0.3) is 0 Å². The highest BCUT2D eigenvalue weighted by Gasteiger charge is 2.20. The summed E-state index contributed by atoms with van der Waals surface area (Å²) in [6, 6.07) is 4.20. The Morgan fingerprint density at radius 1 is 1.36 bits per heavy atom. The lowest BCUT2D eigenvalue weighted by atomic mass is 10.3. The number of nitrogens with two attached hydrogens (primary N) is 1. The van der Waals surface area contributed by atoms with E-state index in [0.717, 1.165) is 19.1 Å². The zero-order chi connectivity index (χ0) is 9.80. The molecule has 0 unspecified atom stereocenters. The van der Waals surface area contributed by atoms with Crippen molar-refractivity contribution in [3.63, 3.8) is 0 Å². The Hall–Kier alpha value is -0.380. The van der Waals surface area contributed by atoms with Crippen molar-refractivity contribution in [3.05, 3.63) is 21.9 Å². The van der Waals surface area contributed by atoms with Crippen molar-refractivity contribution in [2.75, 3.05) is 6.61 Å². The third kappa shape index (κ3) is 3.08. The summed E-state index contributed by atoms with van der Waals surface area (Å²) < 4.78 is 5.60. The van der Waals surface area contributed by atoms with Crippen LogP contribution >= 0.6 is 11.3 Å². The Kier molecular flexibility index (Phi) is 3.56. The second kappa shape index (κ2) is 4.91. The Morgan fingerprint density at radius 3 is 2.79 bits per heavy atom. The second-order valence-corrected chi connectivity index (χ2v) is 5.11. The molecule has 3 heteroatoms. The number of ether oxygens (including phenoxy) is 1. The third-order valence-electron chi connectivity index (χ3n) is 2.53. The molecular formula is C11H17NOS. The summed E-state index contributed by atoms with van der Waals surface area (Å²) in [6.07, 6.45) is 4.08. The van der Waals surface area contributed by atoms with Crippen LogP contribution in [-0.2, 0) is 17.9 Å². The molecule has 1 aromatic heterocycles. The van der Waals surface area contributed by atoms with Gasteiger partial charge in [-0.2, -0.15) is 0 Å². The normalized spacial score (nSPS) is 16.1. The highest BCUT2D eigenvalue weighted by molar-refractivity contribution is 7.11. The molecule has 78 valence electrons. The molecule has 2 rings (SSSR count). The lowest BCUT2D eigenvalue weighted by Gasteiger charge is -2.00. The molecule has 0 aromatic carbocycles. The average Bonchev–Trinajstić information content (AvgIpc) is 2.91. The summed E-state index contributed by atoms with van der Waals surface area (Å²) >= 11 is 1.76. The van der Waals surface area contributed by atoms with E-state index in [1.165, 1.54) is 29.0 Å². The van der Waals surface area contributed by atoms with Gasteiger partial charge >= 0.3 is 0 Å². The van der Waals surface area contributed by atoms with Gasteiger partial charge in [-0.1, -0.05) is 12.8 Å². The van der Waals surface area contributed by atoms with Crippen molar-refractivity contribution in [1.82, 2.24) is 0 Å². The van der Waals surface area contributed by atoms with Gasteiger partial charge in [-0.3, -0.25) is 0 Å². The zero-order valence-corrected chi connectivity index (χ0v) is 9.19. The minimum Gasteiger partial charge on any atom is -0.376 e. The third-order valence-corrected chi connectivity index (χ3v) is 3.61.